The van der Waals surface area contributed by atoms with E-state index in [4.69, 9.17) is 9.84 Å². The molecule has 0 aliphatic rings. The van der Waals surface area contributed by atoms with Crippen molar-refractivity contribution in [3.05, 3.63) is 90.0 Å². The Morgan fingerprint density at radius 1 is 0.923 bits per heavy atom. The van der Waals surface area contributed by atoms with E-state index in [0.29, 0.717) is 12.1 Å². The van der Waals surface area contributed by atoms with Crippen molar-refractivity contribution < 1.29 is 14.6 Å². The zero-order chi connectivity index (χ0) is 18.2. The van der Waals surface area contributed by atoms with E-state index >= 15 is 0 Å². The molecule has 3 rings (SSSR count). The minimum Gasteiger partial charge on any atom is -0.472 e. The van der Waals surface area contributed by atoms with Crippen LogP contribution in [0.25, 0.3) is 0 Å². The summed E-state index contributed by atoms with van der Waals surface area (Å²) in [7, 11) is 0. The Hall–Kier alpha value is -3.71. The predicted molar refractivity (Wildman–Crippen MR) is 101 cm³/mol. The number of carboxylic acids is 1. The van der Waals surface area contributed by atoms with Crippen LogP contribution in [0.3, 0.4) is 0 Å². The van der Waals surface area contributed by atoms with Crippen LogP contribution in [0.1, 0.15) is 11.1 Å². The van der Waals surface area contributed by atoms with Crippen LogP contribution >= 0.6 is 0 Å². The molecule has 128 valence electrons. The second-order valence-corrected chi connectivity index (χ2v) is 5.55. The Kier molecular flexibility index (Phi) is 5.54. The fourth-order valence-corrected chi connectivity index (χ4v) is 2.34. The van der Waals surface area contributed by atoms with Gasteiger partial charge >= 0.3 is 5.97 Å². The summed E-state index contributed by atoms with van der Waals surface area (Å²) in [5.74, 6) is 5.13. The Labute approximate surface area is 152 Å². The van der Waals surface area contributed by atoms with Gasteiger partial charge in [0.1, 0.15) is 11.5 Å². The predicted octanol–water partition coefficient (Wildman–Crippen LogP) is 4.53. The molecule has 0 heterocycles. The van der Waals surface area contributed by atoms with Crippen molar-refractivity contribution >= 4 is 11.7 Å². The van der Waals surface area contributed by atoms with E-state index in [0.717, 1.165) is 22.7 Å². The van der Waals surface area contributed by atoms with Gasteiger partial charge in [0.25, 0.3) is 0 Å². The van der Waals surface area contributed by atoms with Crippen LogP contribution in [-0.4, -0.2) is 11.1 Å². The molecule has 0 atom stereocenters. The standard InChI is InChI=1S/C22H17NO3/c24-22(25)14-11-17-9-12-19(13-10-17)23-16-18-5-4-8-21(15-18)26-20-6-2-1-3-7-20/h1-10,12-13,15,23H,16H2,(H,24,25). The number of carboxylic acid groups (broad SMARTS) is 1. The number of hydrogen-bond acceptors (Lipinski definition) is 3. The van der Waals surface area contributed by atoms with E-state index in [9.17, 15) is 4.79 Å². The summed E-state index contributed by atoms with van der Waals surface area (Å²) in [5, 5.41) is 11.9. The third-order valence-corrected chi connectivity index (χ3v) is 3.57. The van der Waals surface area contributed by atoms with Gasteiger partial charge in [-0.1, -0.05) is 36.3 Å². The maximum absolute atomic E-state index is 10.4. The van der Waals surface area contributed by atoms with Gasteiger partial charge in [0.2, 0.25) is 0 Å². The van der Waals surface area contributed by atoms with Crippen molar-refractivity contribution in [3.8, 4) is 23.3 Å². The van der Waals surface area contributed by atoms with Crippen molar-refractivity contribution in [2.24, 2.45) is 0 Å². The van der Waals surface area contributed by atoms with E-state index in [1.807, 2.05) is 66.7 Å². The summed E-state index contributed by atoms with van der Waals surface area (Å²) in [4.78, 5) is 10.4. The van der Waals surface area contributed by atoms with Gasteiger partial charge in [-0.15, -0.1) is 0 Å². The number of nitrogens with one attached hydrogen (secondary N) is 1. The third-order valence-electron chi connectivity index (χ3n) is 3.57. The van der Waals surface area contributed by atoms with Crippen LogP contribution in [0, 0.1) is 11.8 Å². The Morgan fingerprint density at radius 2 is 1.65 bits per heavy atom. The molecule has 2 N–H and O–H groups in total. The maximum Gasteiger partial charge on any atom is 0.382 e. The Balaban J connectivity index is 1.60. The number of hydrogen-bond donors (Lipinski definition) is 2. The molecule has 0 unspecified atom stereocenters. The summed E-state index contributed by atoms with van der Waals surface area (Å²) in [6, 6.07) is 24.9. The second kappa shape index (κ2) is 8.41. The quantitative estimate of drug-likeness (QED) is 0.669. The van der Waals surface area contributed by atoms with Crippen LogP contribution < -0.4 is 10.1 Å². The van der Waals surface area contributed by atoms with E-state index in [-0.39, 0.29) is 0 Å². The third kappa shape index (κ3) is 5.15. The van der Waals surface area contributed by atoms with Gasteiger partial charge in [-0.25, -0.2) is 4.79 Å². The molecule has 3 aromatic carbocycles. The molecule has 0 saturated heterocycles. The zero-order valence-electron chi connectivity index (χ0n) is 14.0. The van der Waals surface area contributed by atoms with E-state index in [1.165, 1.54) is 0 Å². The fourth-order valence-electron chi connectivity index (χ4n) is 2.34. The van der Waals surface area contributed by atoms with Gasteiger partial charge in [0.15, 0.2) is 0 Å². The highest BCUT2D eigenvalue weighted by Crippen LogP contribution is 2.22. The largest absolute Gasteiger partial charge is 0.472 e. The van der Waals surface area contributed by atoms with Gasteiger partial charge < -0.3 is 15.2 Å². The van der Waals surface area contributed by atoms with Crippen LogP contribution in [-0.2, 0) is 11.3 Å². The molecule has 0 amide bonds. The van der Waals surface area contributed by atoms with E-state index in [2.05, 4.69) is 17.2 Å². The first-order valence-corrected chi connectivity index (χ1v) is 8.10. The SMILES string of the molecule is O=C(O)C#Cc1ccc(NCc2cccc(Oc3ccccc3)c2)cc1. The van der Waals surface area contributed by atoms with Gasteiger partial charge in [0.05, 0.1) is 0 Å². The van der Waals surface area contributed by atoms with E-state index < -0.39 is 5.97 Å². The number of benzene rings is 3. The highest BCUT2D eigenvalue weighted by Gasteiger charge is 2.00. The Morgan fingerprint density at radius 3 is 2.38 bits per heavy atom. The first-order chi connectivity index (χ1) is 12.7. The van der Waals surface area contributed by atoms with Crippen molar-refractivity contribution in [2.45, 2.75) is 6.54 Å². The average molecular weight is 343 g/mol. The lowest BCUT2D eigenvalue weighted by atomic mass is 10.2. The number of para-hydroxylation sites is 1. The molecule has 3 aromatic rings. The van der Waals surface area contributed by atoms with Crippen LogP contribution in [0.15, 0.2) is 78.9 Å². The first-order valence-electron chi connectivity index (χ1n) is 8.10. The first kappa shape index (κ1) is 17.1. The Bertz CT molecular complexity index is 938. The molecular formula is C22H17NO3. The fraction of sp³-hybridized carbons (Fsp3) is 0.0455. The lowest BCUT2D eigenvalue weighted by molar-refractivity contribution is -0.130. The normalized spacial score (nSPS) is 9.69. The number of rotatable bonds is 5. The van der Waals surface area contributed by atoms with E-state index in [1.54, 1.807) is 12.1 Å². The van der Waals surface area contributed by atoms with Crippen molar-refractivity contribution in [1.82, 2.24) is 0 Å². The van der Waals surface area contributed by atoms with Crippen LogP contribution in [0.4, 0.5) is 5.69 Å². The topological polar surface area (TPSA) is 58.6 Å². The highest BCUT2D eigenvalue weighted by molar-refractivity contribution is 5.87. The van der Waals surface area contributed by atoms with Crippen molar-refractivity contribution in [1.29, 1.82) is 0 Å². The number of carbonyl (C=O) groups is 1. The molecular weight excluding hydrogens is 326 g/mol. The summed E-state index contributed by atoms with van der Waals surface area (Å²) >= 11 is 0. The second-order valence-electron chi connectivity index (χ2n) is 5.55. The summed E-state index contributed by atoms with van der Waals surface area (Å²) in [6.07, 6.45) is 0. The molecule has 4 heteroatoms. The van der Waals surface area contributed by atoms with Crippen molar-refractivity contribution in [3.63, 3.8) is 0 Å². The molecule has 0 spiro atoms. The van der Waals surface area contributed by atoms with Gasteiger partial charge in [-0.05, 0) is 54.1 Å². The molecule has 0 fully saturated rings. The van der Waals surface area contributed by atoms with Gasteiger partial charge in [0, 0.05) is 23.7 Å². The molecule has 0 bridgehead atoms. The molecule has 4 nitrogen and oxygen atoms in total. The number of anilines is 1. The number of ether oxygens (including phenoxy) is 1. The smallest absolute Gasteiger partial charge is 0.382 e. The minimum absolute atomic E-state index is 0.645. The van der Waals surface area contributed by atoms with Crippen LogP contribution in [0.5, 0.6) is 11.5 Å². The minimum atomic E-state index is -1.13. The molecule has 0 saturated carbocycles. The van der Waals surface area contributed by atoms with Crippen molar-refractivity contribution in [2.75, 3.05) is 5.32 Å². The average Bonchev–Trinajstić information content (AvgIpc) is 2.67. The van der Waals surface area contributed by atoms with Gasteiger partial charge in [-0.3, -0.25) is 0 Å². The zero-order valence-corrected chi connectivity index (χ0v) is 14.0. The lowest BCUT2D eigenvalue weighted by Crippen LogP contribution is -1.99. The number of aliphatic carboxylic acids is 1. The lowest BCUT2D eigenvalue weighted by Gasteiger charge is -2.09. The summed E-state index contributed by atoms with van der Waals surface area (Å²) in [5.41, 5.74) is 2.68. The molecule has 26 heavy (non-hydrogen) atoms. The van der Waals surface area contributed by atoms with Crippen LogP contribution in [0.2, 0.25) is 0 Å². The van der Waals surface area contributed by atoms with Gasteiger partial charge in [-0.2, -0.15) is 0 Å². The monoisotopic (exact) mass is 343 g/mol. The molecule has 0 radical (unpaired) electrons. The molecule has 0 aliphatic carbocycles. The summed E-state index contributed by atoms with van der Waals surface area (Å²) < 4.78 is 5.84. The molecule has 0 aromatic heterocycles. The molecule has 0 aliphatic heterocycles. The highest BCUT2D eigenvalue weighted by atomic mass is 16.5. The summed E-state index contributed by atoms with van der Waals surface area (Å²) in [6.45, 7) is 0.645. The maximum atomic E-state index is 10.4.